The minimum Gasteiger partial charge on any atom is -0.248 e. The molecule has 0 aliphatic carbocycles. The summed E-state index contributed by atoms with van der Waals surface area (Å²) < 4.78 is 60.3. The van der Waals surface area contributed by atoms with E-state index in [-0.39, 0.29) is 15.9 Å². The molecule has 0 fully saturated rings. The maximum Gasteiger partial charge on any atom is 0.416 e. The first-order valence-corrected chi connectivity index (χ1v) is 7.25. The van der Waals surface area contributed by atoms with E-state index in [0.29, 0.717) is 0 Å². The minimum absolute atomic E-state index is 0.00836. The Hall–Kier alpha value is -1.46. The van der Waals surface area contributed by atoms with Crippen LogP contribution in [0.1, 0.15) is 5.56 Å². The minimum atomic E-state index is -4.53. The molecule has 0 radical (unpaired) electrons. The standard InChI is InChI=1S/C9H6BrF3N4O2S/c10-6-2-1-4(9(11,12)13)3-5(6)7-15-8(17-16-7)20(14,18)19/h1-3H,(H2,14,18,19)(H,15,16,17). The lowest BCUT2D eigenvalue weighted by molar-refractivity contribution is -0.137. The van der Waals surface area contributed by atoms with Crippen molar-refractivity contribution < 1.29 is 21.6 Å². The second-order valence-electron chi connectivity index (χ2n) is 3.70. The van der Waals surface area contributed by atoms with Gasteiger partial charge in [-0.05, 0) is 18.2 Å². The molecule has 1 aromatic heterocycles. The topological polar surface area (TPSA) is 102 Å². The van der Waals surface area contributed by atoms with Gasteiger partial charge in [-0.25, -0.2) is 18.7 Å². The number of hydrogen-bond acceptors (Lipinski definition) is 4. The van der Waals surface area contributed by atoms with Gasteiger partial charge in [-0.15, -0.1) is 0 Å². The van der Waals surface area contributed by atoms with Crippen molar-refractivity contribution in [3.8, 4) is 11.4 Å². The van der Waals surface area contributed by atoms with Gasteiger partial charge in [0.25, 0.3) is 15.2 Å². The van der Waals surface area contributed by atoms with Crippen LogP contribution >= 0.6 is 15.9 Å². The Bertz CT molecular complexity index is 757. The molecule has 3 N–H and O–H groups in total. The number of halogens is 4. The number of nitrogens with one attached hydrogen (secondary N) is 1. The van der Waals surface area contributed by atoms with Gasteiger partial charge in [0.1, 0.15) is 0 Å². The molecule has 1 aromatic carbocycles. The molecule has 0 saturated heterocycles. The van der Waals surface area contributed by atoms with Crippen LogP contribution in [0.15, 0.2) is 27.8 Å². The molecule has 108 valence electrons. The number of nitrogens with two attached hydrogens (primary N) is 1. The lowest BCUT2D eigenvalue weighted by atomic mass is 10.1. The molecule has 2 aromatic rings. The second kappa shape index (κ2) is 4.82. The van der Waals surface area contributed by atoms with Crippen molar-refractivity contribution in [3.05, 3.63) is 28.2 Å². The Kier molecular flexibility index (Phi) is 3.60. The van der Waals surface area contributed by atoms with Crippen LogP contribution in [-0.4, -0.2) is 23.6 Å². The maximum atomic E-state index is 12.6. The molecule has 0 atom stereocenters. The van der Waals surface area contributed by atoms with Gasteiger partial charge in [0.2, 0.25) is 0 Å². The number of hydrogen-bond donors (Lipinski definition) is 2. The monoisotopic (exact) mass is 370 g/mol. The van der Waals surface area contributed by atoms with Crippen LogP contribution in [0.5, 0.6) is 0 Å². The molecule has 11 heteroatoms. The fourth-order valence-corrected chi connectivity index (χ4v) is 2.18. The first kappa shape index (κ1) is 14.9. The predicted octanol–water partition coefficient (Wildman–Crippen LogP) is 1.90. The Balaban J connectivity index is 2.55. The highest BCUT2D eigenvalue weighted by molar-refractivity contribution is 9.10. The molecule has 0 spiro atoms. The number of primary sulfonamides is 1. The maximum absolute atomic E-state index is 12.6. The summed E-state index contributed by atoms with van der Waals surface area (Å²) in [5.41, 5.74) is -0.913. The van der Waals surface area contributed by atoms with Crippen molar-refractivity contribution in [2.75, 3.05) is 0 Å². The average Bonchev–Trinajstić information content (AvgIpc) is 2.76. The highest BCUT2D eigenvalue weighted by atomic mass is 79.9. The largest absolute Gasteiger partial charge is 0.416 e. The zero-order valence-corrected chi connectivity index (χ0v) is 11.8. The zero-order chi connectivity index (χ0) is 15.1. The van der Waals surface area contributed by atoms with E-state index in [0.717, 1.165) is 12.1 Å². The third-order valence-electron chi connectivity index (χ3n) is 2.27. The van der Waals surface area contributed by atoms with Crippen molar-refractivity contribution in [1.82, 2.24) is 15.2 Å². The van der Waals surface area contributed by atoms with Crippen molar-refractivity contribution in [2.24, 2.45) is 5.14 Å². The smallest absolute Gasteiger partial charge is 0.248 e. The summed E-state index contributed by atoms with van der Waals surface area (Å²) in [6.45, 7) is 0. The van der Waals surface area contributed by atoms with Crippen LogP contribution < -0.4 is 5.14 Å². The van der Waals surface area contributed by atoms with E-state index in [4.69, 9.17) is 5.14 Å². The number of sulfonamides is 1. The van der Waals surface area contributed by atoms with Gasteiger partial charge < -0.3 is 0 Å². The molecule has 6 nitrogen and oxygen atoms in total. The highest BCUT2D eigenvalue weighted by Crippen LogP contribution is 2.34. The zero-order valence-electron chi connectivity index (χ0n) is 9.44. The number of aromatic nitrogens is 3. The summed E-state index contributed by atoms with van der Waals surface area (Å²) >= 11 is 3.05. The third-order valence-corrected chi connectivity index (χ3v) is 3.68. The Morgan fingerprint density at radius 3 is 2.45 bits per heavy atom. The van der Waals surface area contributed by atoms with E-state index in [1.54, 1.807) is 0 Å². The van der Waals surface area contributed by atoms with E-state index >= 15 is 0 Å². The van der Waals surface area contributed by atoms with Gasteiger partial charge in [0.05, 0.1) is 5.56 Å². The van der Waals surface area contributed by atoms with Crippen LogP contribution in [0.3, 0.4) is 0 Å². The summed E-state index contributed by atoms with van der Waals surface area (Å²) in [6.07, 6.45) is -4.53. The second-order valence-corrected chi connectivity index (χ2v) is 6.03. The molecule has 0 aliphatic heterocycles. The molecule has 0 bridgehead atoms. The molecule has 1 heterocycles. The van der Waals surface area contributed by atoms with Gasteiger partial charge >= 0.3 is 6.18 Å². The van der Waals surface area contributed by atoms with Crippen LogP contribution in [0.2, 0.25) is 0 Å². The fourth-order valence-electron chi connectivity index (χ4n) is 1.37. The number of aromatic amines is 1. The lowest BCUT2D eigenvalue weighted by Crippen LogP contribution is -2.13. The van der Waals surface area contributed by atoms with Crippen LogP contribution in [-0.2, 0) is 16.2 Å². The fraction of sp³-hybridized carbons (Fsp3) is 0.111. The van der Waals surface area contributed by atoms with Gasteiger partial charge in [0.15, 0.2) is 5.82 Å². The SMILES string of the molecule is NS(=O)(=O)c1nc(-c2cc(C(F)(F)F)ccc2Br)n[nH]1. The van der Waals surface area contributed by atoms with Gasteiger partial charge in [-0.1, -0.05) is 15.9 Å². The van der Waals surface area contributed by atoms with E-state index < -0.39 is 26.9 Å². The summed E-state index contributed by atoms with van der Waals surface area (Å²) in [5, 5.41) is 9.80. The average molecular weight is 371 g/mol. The number of benzene rings is 1. The number of rotatable bonds is 2. The molecule has 2 rings (SSSR count). The lowest BCUT2D eigenvalue weighted by Gasteiger charge is -2.08. The Morgan fingerprint density at radius 2 is 1.95 bits per heavy atom. The molecule has 20 heavy (non-hydrogen) atoms. The molecular weight excluding hydrogens is 365 g/mol. The van der Waals surface area contributed by atoms with E-state index in [1.165, 1.54) is 6.07 Å². The summed E-state index contributed by atoms with van der Waals surface area (Å²) in [4.78, 5) is 3.56. The normalized spacial score (nSPS) is 12.7. The van der Waals surface area contributed by atoms with E-state index in [2.05, 4.69) is 31.1 Å². The molecular formula is C9H6BrF3N4O2S. The van der Waals surface area contributed by atoms with Crippen molar-refractivity contribution in [1.29, 1.82) is 0 Å². The predicted molar refractivity (Wildman–Crippen MR) is 65.9 cm³/mol. The number of H-pyrrole nitrogens is 1. The van der Waals surface area contributed by atoms with Crippen molar-refractivity contribution in [3.63, 3.8) is 0 Å². The summed E-state index contributed by atoms with van der Waals surface area (Å²) in [7, 11) is -4.11. The summed E-state index contributed by atoms with van der Waals surface area (Å²) in [6, 6.07) is 2.85. The Morgan fingerprint density at radius 1 is 1.30 bits per heavy atom. The van der Waals surface area contributed by atoms with Crippen LogP contribution in [0, 0.1) is 0 Å². The van der Waals surface area contributed by atoms with Gasteiger partial charge in [0, 0.05) is 10.0 Å². The number of nitrogens with zero attached hydrogens (tertiary/aromatic N) is 2. The molecule has 0 unspecified atom stereocenters. The van der Waals surface area contributed by atoms with Crippen molar-refractivity contribution >= 4 is 26.0 Å². The first-order chi connectivity index (χ1) is 9.09. The molecule has 0 amide bonds. The van der Waals surface area contributed by atoms with Gasteiger partial charge in [-0.3, -0.25) is 0 Å². The number of alkyl halides is 3. The van der Waals surface area contributed by atoms with E-state index in [9.17, 15) is 21.6 Å². The molecule has 0 saturated carbocycles. The third kappa shape index (κ3) is 2.99. The Labute approximate surface area is 119 Å². The van der Waals surface area contributed by atoms with Gasteiger partial charge in [-0.2, -0.15) is 23.3 Å². The molecule has 0 aliphatic rings. The quantitative estimate of drug-likeness (QED) is 0.842. The summed E-state index contributed by atoms with van der Waals surface area (Å²) in [5.74, 6) is -0.216. The van der Waals surface area contributed by atoms with Crippen LogP contribution in [0.4, 0.5) is 13.2 Å². The highest BCUT2D eigenvalue weighted by Gasteiger charge is 2.31. The van der Waals surface area contributed by atoms with Crippen LogP contribution in [0.25, 0.3) is 11.4 Å². The van der Waals surface area contributed by atoms with Crippen molar-refractivity contribution in [2.45, 2.75) is 11.3 Å². The van der Waals surface area contributed by atoms with E-state index in [1.807, 2.05) is 0 Å². The first-order valence-electron chi connectivity index (χ1n) is 4.91.